The molecular weight excluding hydrogens is 274 g/mol. The zero-order chi connectivity index (χ0) is 14.1. The van der Waals surface area contributed by atoms with Crippen molar-refractivity contribution in [2.24, 2.45) is 5.73 Å². The molecule has 3 aromatic rings. The number of pyridine rings is 1. The quantitative estimate of drug-likeness (QED) is 0.381. The summed E-state index contributed by atoms with van der Waals surface area (Å²) in [6, 6.07) is 3.54. The van der Waals surface area contributed by atoms with Crippen LogP contribution in [0.15, 0.2) is 34.8 Å². The van der Waals surface area contributed by atoms with E-state index in [0.717, 1.165) is 21.3 Å². The second-order valence-electron chi connectivity index (χ2n) is 4.13. The number of amidine groups is 1. The number of hydrogen-bond acceptors (Lipinski definition) is 6. The molecule has 0 aliphatic carbocycles. The summed E-state index contributed by atoms with van der Waals surface area (Å²) in [7, 11) is 0. The lowest BCUT2D eigenvalue weighted by Crippen LogP contribution is -2.11. The molecular formula is C12H11N7S. The molecule has 0 spiro atoms. The smallest absolute Gasteiger partial charge is 0.181 e. The summed E-state index contributed by atoms with van der Waals surface area (Å²) in [5, 5.41) is 8.98. The second kappa shape index (κ2) is 4.89. The third-order valence-electron chi connectivity index (χ3n) is 2.63. The minimum Gasteiger partial charge on any atom is -0.384 e. The van der Waals surface area contributed by atoms with Gasteiger partial charge in [-0.05, 0) is 30.8 Å². The molecule has 4 N–H and O–H groups in total. The van der Waals surface area contributed by atoms with Crippen LogP contribution in [0.25, 0.3) is 11.2 Å². The maximum atomic E-state index is 7.51. The van der Waals surface area contributed by atoms with E-state index in [2.05, 4.69) is 24.9 Å². The van der Waals surface area contributed by atoms with Gasteiger partial charge in [0, 0.05) is 11.3 Å². The molecule has 0 radical (unpaired) electrons. The monoisotopic (exact) mass is 285 g/mol. The van der Waals surface area contributed by atoms with Crippen molar-refractivity contribution in [1.82, 2.24) is 24.9 Å². The first-order valence-corrected chi connectivity index (χ1v) is 6.60. The zero-order valence-electron chi connectivity index (χ0n) is 10.6. The third-order valence-corrected chi connectivity index (χ3v) is 3.55. The Hall–Kier alpha value is -2.48. The van der Waals surface area contributed by atoms with Crippen molar-refractivity contribution in [3.05, 3.63) is 36.0 Å². The van der Waals surface area contributed by atoms with E-state index < -0.39 is 0 Å². The van der Waals surface area contributed by atoms with Crippen LogP contribution in [0.2, 0.25) is 0 Å². The molecule has 100 valence electrons. The van der Waals surface area contributed by atoms with Crippen molar-refractivity contribution < 1.29 is 0 Å². The number of H-pyrrole nitrogens is 1. The highest BCUT2D eigenvalue weighted by Crippen LogP contribution is 2.28. The van der Waals surface area contributed by atoms with E-state index in [1.165, 1.54) is 18.1 Å². The maximum Gasteiger partial charge on any atom is 0.181 e. The predicted octanol–water partition coefficient (Wildman–Crippen LogP) is 1.49. The van der Waals surface area contributed by atoms with Gasteiger partial charge < -0.3 is 10.7 Å². The van der Waals surface area contributed by atoms with E-state index in [1.807, 2.05) is 6.92 Å². The lowest BCUT2D eigenvalue weighted by Gasteiger charge is -2.05. The van der Waals surface area contributed by atoms with Gasteiger partial charge in [-0.15, -0.1) is 0 Å². The van der Waals surface area contributed by atoms with Gasteiger partial charge in [-0.3, -0.25) is 5.41 Å². The number of nitrogens with two attached hydrogens (primary N) is 1. The van der Waals surface area contributed by atoms with E-state index in [9.17, 15) is 0 Å². The zero-order valence-corrected chi connectivity index (χ0v) is 11.4. The minimum absolute atomic E-state index is 0.0201. The number of fused-ring (bicyclic) bond motifs is 1. The van der Waals surface area contributed by atoms with Crippen molar-refractivity contribution >= 4 is 28.8 Å². The van der Waals surface area contributed by atoms with Crippen LogP contribution in [0.4, 0.5) is 0 Å². The molecule has 0 saturated carbocycles. The van der Waals surface area contributed by atoms with Crippen LogP contribution in [-0.2, 0) is 0 Å². The summed E-state index contributed by atoms with van der Waals surface area (Å²) in [5.74, 6) is 0.0201. The van der Waals surface area contributed by atoms with E-state index in [0.29, 0.717) is 11.2 Å². The van der Waals surface area contributed by atoms with Gasteiger partial charge in [0.25, 0.3) is 0 Å². The van der Waals surface area contributed by atoms with Crippen LogP contribution in [0.5, 0.6) is 0 Å². The number of rotatable bonds is 3. The first-order chi connectivity index (χ1) is 9.63. The van der Waals surface area contributed by atoms with Crippen LogP contribution in [0.3, 0.4) is 0 Å². The van der Waals surface area contributed by atoms with E-state index in [1.54, 1.807) is 18.5 Å². The SMILES string of the molecule is Cc1cc(C(=N)N)cc(Sc2ncnc3nc[nH]c23)n1. The molecule has 3 aromatic heterocycles. The number of nitrogens with zero attached hydrogens (tertiary/aromatic N) is 4. The molecule has 0 atom stereocenters. The molecule has 0 unspecified atom stereocenters. The van der Waals surface area contributed by atoms with Gasteiger partial charge >= 0.3 is 0 Å². The molecule has 3 rings (SSSR count). The number of nitrogens with one attached hydrogen (secondary N) is 2. The molecule has 0 saturated heterocycles. The number of nitrogen functional groups attached to an aromatic ring is 1. The Morgan fingerprint density at radius 1 is 1.30 bits per heavy atom. The van der Waals surface area contributed by atoms with Crippen LogP contribution in [0, 0.1) is 12.3 Å². The molecule has 20 heavy (non-hydrogen) atoms. The Morgan fingerprint density at radius 2 is 2.15 bits per heavy atom. The van der Waals surface area contributed by atoms with Crippen molar-refractivity contribution in [3.63, 3.8) is 0 Å². The largest absolute Gasteiger partial charge is 0.384 e. The van der Waals surface area contributed by atoms with Crippen molar-refractivity contribution in [1.29, 1.82) is 5.41 Å². The Kier molecular flexibility index (Phi) is 3.07. The minimum atomic E-state index is 0.0201. The molecule has 8 heteroatoms. The van der Waals surface area contributed by atoms with Crippen LogP contribution >= 0.6 is 11.8 Å². The fraction of sp³-hybridized carbons (Fsp3) is 0.0833. The average Bonchev–Trinajstić information content (AvgIpc) is 2.87. The highest BCUT2D eigenvalue weighted by Gasteiger charge is 2.10. The Bertz CT molecular complexity index is 795. The fourth-order valence-corrected chi connectivity index (χ4v) is 2.69. The van der Waals surface area contributed by atoms with Crippen LogP contribution in [0.1, 0.15) is 11.3 Å². The standard InChI is InChI=1S/C12H11N7S/c1-6-2-7(10(13)14)3-8(19-6)20-12-9-11(16-4-15-9)17-5-18-12/h2-5H,1H3,(H3,13,14)(H,15,16,17,18). The first kappa shape index (κ1) is 12.5. The van der Waals surface area contributed by atoms with Crippen molar-refractivity contribution in [3.8, 4) is 0 Å². The third kappa shape index (κ3) is 2.32. The van der Waals surface area contributed by atoms with Gasteiger partial charge in [0.2, 0.25) is 0 Å². The van der Waals surface area contributed by atoms with Gasteiger partial charge in [-0.2, -0.15) is 0 Å². The van der Waals surface area contributed by atoms with Crippen molar-refractivity contribution in [2.45, 2.75) is 17.0 Å². The Morgan fingerprint density at radius 3 is 2.95 bits per heavy atom. The number of aryl methyl sites for hydroxylation is 1. The number of hydrogen-bond donors (Lipinski definition) is 3. The number of aromatic nitrogens is 5. The van der Waals surface area contributed by atoms with Crippen LogP contribution < -0.4 is 5.73 Å². The Labute approximate surface area is 118 Å². The van der Waals surface area contributed by atoms with E-state index >= 15 is 0 Å². The molecule has 3 heterocycles. The van der Waals surface area contributed by atoms with Gasteiger partial charge in [-0.1, -0.05) is 0 Å². The molecule has 0 bridgehead atoms. The fourth-order valence-electron chi connectivity index (χ4n) is 1.77. The Balaban J connectivity index is 2.02. The summed E-state index contributed by atoms with van der Waals surface area (Å²) >= 11 is 1.38. The predicted molar refractivity (Wildman–Crippen MR) is 75.8 cm³/mol. The molecule has 0 amide bonds. The lowest BCUT2D eigenvalue weighted by atomic mass is 10.2. The molecule has 0 fully saturated rings. The molecule has 0 aromatic carbocycles. The average molecular weight is 285 g/mol. The van der Waals surface area contributed by atoms with Gasteiger partial charge in [0.05, 0.1) is 6.33 Å². The summed E-state index contributed by atoms with van der Waals surface area (Å²) < 4.78 is 0. The lowest BCUT2D eigenvalue weighted by molar-refractivity contribution is 1.04. The second-order valence-corrected chi connectivity index (χ2v) is 5.14. The highest BCUT2D eigenvalue weighted by atomic mass is 32.2. The summed E-state index contributed by atoms with van der Waals surface area (Å²) in [6.07, 6.45) is 3.04. The molecule has 0 aliphatic heterocycles. The molecule has 7 nitrogen and oxygen atoms in total. The van der Waals surface area contributed by atoms with Gasteiger partial charge in [-0.25, -0.2) is 19.9 Å². The number of imidazole rings is 1. The van der Waals surface area contributed by atoms with E-state index in [4.69, 9.17) is 11.1 Å². The van der Waals surface area contributed by atoms with Gasteiger partial charge in [0.15, 0.2) is 5.65 Å². The van der Waals surface area contributed by atoms with Crippen LogP contribution in [-0.4, -0.2) is 30.8 Å². The maximum absolute atomic E-state index is 7.51. The summed E-state index contributed by atoms with van der Waals surface area (Å²) in [5.41, 5.74) is 8.35. The highest BCUT2D eigenvalue weighted by molar-refractivity contribution is 7.99. The normalized spacial score (nSPS) is 10.8. The van der Waals surface area contributed by atoms with Gasteiger partial charge in [0.1, 0.15) is 27.7 Å². The number of aromatic amines is 1. The summed E-state index contributed by atoms with van der Waals surface area (Å²) in [4.78, 5) is 19.8. The van der Waals surface area contributed by atoms with E-state index in [-0.39, 0.29) is 5.84 Å². The first-order valence-electron chi connectivity index (χ1n) is 5.78. The topological polar surface area (TPSA) is 117 Å². The molecule has 0 aliphatic rings. The summed E-state index contributed by atoms with van der Waals surface area (Å²) in [6.45, 7) is 1.86. The van der Waals surface area contributed by atoms with Crippen molar-refractivity contribution in [2.75, 3.05) is 0 Å².